The molecule has 1 aliphatic rings. The lowest BCUT2D eigenvalue weighted by atomic mass is 9.89. The molecular weight excluding hydrogens is 600 g/mol. The number of benzene rings is 1. The van der Waals surface area contributed by atoms with Gasteiger partial charge in [0.2, 0.25) is 17.7 Å². The van der Waals surface area contributed by atoms with Crippen molar-refractivity contribution in [3.8, 4) is 0 Å². The van der Waals surface area contributed by atoms with Crippen LogP contribution in [0.4, 0.5) is 0 Å². The molecule has 0 radical (unpaired) electrons. The molecule has 11 nitrogen and oxygen atoms in total. The van der Waals surface area contributed by atoms with E-state index in [2.05, 4.69) is 11.9 Å². The Morgan fingerprint density at radius 3 is 2.32 bits per heavy atom. The van der Waals surface area contributed by atoms with E-state index in [1.165, 1.54) is 13.2 Å². The summed E-state index contributed by atoms with van der Waals surface area (Å²) in [7, 11) is 4.83. The zero-order valence-electron chi connectivity index (χ0n) is 29.6. The molecule has 8 unspecified atom stereocenters. The van der Waals surface area contributed by atoms with E-state index in [0.29, 0.717) is 13.0 Å². The highest BCUT2D eigenvalue weighted by atomic mass is 16.5. The number of carbonyl (C=O) groups is 4. The van der Waals surface area contributed by atoms with Crippen LogP contribution in [0.5, 0.6) is 0 Å². The number of hydrogen-bond acceptors (Lipinski definition) is 8. The van der Waals surface area contributed by atoms with Crippen molar-refractivity contribution in [2.45, 2.75) is 103 Å². The van der Waals surface area contributed by atoms with Crippen LogP contribution in [0.2, 0.25) is 0 Å². The Morgan fingerprint density at radius 1 is 1.11 bits per heavy atom. The van der Waals surface area contributed by atoms with E-state index < -0.39 is 36.2 Å². The highest BCUT2D eigenvalue weighted by Gasteiger charge is 2.42. The molecule has 264 valence electrons. The summed E-state index contributed by atoms with van der Waals surface area (Å²) in [5.74, 6) is -1.92. The molecule has 8 atom stereocenters. The second-order valence-electron chi connectivity index (χ2n) is 13.0. The number of likely N-dealkylation sites (tertiary alicyclic amines) is 1. The smallest absolute Gasteiger partial charge is 0.329 e. The van der Waals surface area contributed by atoms with E-state index in [4.69, 9.17) is 19.9 Å². The minimum absolute atomic E-state index is 0.0320. The van der Waals surface area contributed by atoms with Crippen LogP contribution in [0.25, 0.3) is 0 Å². The molecule has 0 aliphatic carbocycles. The van der Waals surface area contributed by atoms with E-state index in [1.54, 1.807) is 30.9 Å². The van der Waals surface area contributed by atoms with Crippen LogP contribution >= 0.6 is 0 Å². The van der Waals surface area contributed by atoms with Crippen LogP contribution in [0.15, 0.2) is 43.0 Å². The number of hydrogen-bond donors (Lipinski definition) is 2. The maximum absolute atomic E-state index is 14.0. The maximum atomic E-state index is 14.0. The Hall–Kier alpha value is -3.28. The van der Waals surface area contributed by atoms with Crippen LogP contribution in [0.1, 0.15) is 65.9 Å². The maximum Gasteiger partial charge on any atom is 0.329 e. The first-order valence-electron chi connectivity index (χ1n) is 16.8. The topological polar surface area (TPSA) is 140 Å². The first kappa shape index (κ1) is 39.9. The third-order valence-corrected chi connectivity index (χ3v) is 9.49. The van der Waals surface area contributed by atoms with Gasteiger partial charge in [0.15, 0.2) is 0 Å². The first-order valence-corrected chi connectivity index (χ1v) is 16.8. The van der Waals surface area contributed by atoms with Crippen LogP contribution in [-0.4, -0.2) is 104 Å². The molecule has 47 heavy (non-hydrogen) atoms. The number of esters is 1. The second kappa shape index (κ2) is 19.5. The van der Waals surface area contributed by atoms with Crippen molar-refractivity contribution >= 4 is 23.7 Å². The van der Waals surface area contributed by atoms with Crippen molar-refractivity contribution in [3.05, 3.63) is 48.6 Å². The fraction of sp³-hybridized carbons (Fsp3) is 0.667. The summed E-state index contributed by atoms with van der Waals surface area (Å²) >= 11 is 0. The van der Waals surface area contributed by atoms with E-state index in [1.807, 2.05) is 58.0 Å². The van der Waals surface area contributed by atoms with Gasteiger partial charge in [-0.1, -0.05) is 84.0 Å². The van der Waals surface area contributed by atoms with Crippen molar-refractivity contribution in [1.82, 2.24) is 15.1 Å². The Labute approximate surface area is 281 Å². The van der Waals surface area contributed by atoms with Gasteiger partial charge in [0.25, 0.3) is 0 Å². The molecular formula is C36H58N4O7. The lowest BCUT2D eigenvalue weighted by Gasteiger charge is -2.40. The number of nitrogens with one attached hydrogen (secondary N) is 1. The minimum Gasteiger partial charge on any atom is -0.460 e. The monoisotopic (exact) mass is 658 g/mol. The fourth-order valence-electron chi connectivity index (χ4n) is 6.41. The quantitative estimate of drug-likeness (QED) is 0.170. The Bertz CT molecular complexity index is 1160. The van der Waals surface area contributed by atoms with Crippen LogP contribution in [0, 0.1) is 17.8 Å². The summed E-state index contributed by atoms with van der Waals surface area (Å²) in [4.78, 5) is 57.2. The molecule has 1 aliphatic heterocycles. The number of likely N-dealkylation sites (N-methyl/N-ethyl adjacent to an activating group) is 1. The van der Waals surface area contributed by atoms with E-state index in [-0.39, 0.29) is 61.1 Å². The Morgan fingerprint density at radius 2 is 1.77 bits per heavy atom. The van der Waals surface area contributed by atoms with E-state index >= 15 is 0 Å². The molecule has 0 spiro atoms. The van der Waals surface area contributed by atoms with Crippen molar-refractivity contribution in [3.63, 3.8) is 0 Å². The standard InChI is InChI=1S/C36H58N4O7/c1-10-20-47-36(44)27(21-26-16-13-12-14-17-26)38-34(42)25(6)33(46-9)28-18-15-19-40(28)30(41)22-29(45-8)32(24(5)11-2)39(7)35(43)31(37)23(3)4/h10,12-14,16-17,23-25,27-29,31-33H,1,11,15,18-22,37H2,2-9H3,(H,38,42). The fourth-order valence-corrected chi connectivity index (χ4v) is 6.41. The van der Waals surface area contributed by atoms with E-state index in [0.717, 1.165) is 18.4 Å². The first-order chi connectivity index (χ1) is 22.3. The summed E-state index contributed by atoms with van der Waals surface area (Å²) in [6, 6.07) is 7.10. The Balaban J connectivity index is 2.23. The molecule has 1 aromatic carbocycles. The predicted molar refractivity (Wildman–Crippen MR) is 182 cm³/mol. The Kier molecular flexibility index (Phi) is 16.6. The van der Waals surface area contributed by atoms with Gasteiger partial charge in [-0.3, -0.25) is 14.4 Å². The minimum atomic E-state index is -0.908. The normalized spacial score (nSPS) is 19.2. The van der Waals surface area contributed by atoms with Crippen molar-refractivity contribution in [2.75, 3.05) is 34.4 Å². The highest BCUT2D eigenvalue weighted by molar-refractivity contribution is 5.86. The van der Waals surface area contributed by atoms with Gasteiger partial charge in [0, 0.05) is 34.2 Å². The number of nitrogens with two attached hydrogens (primary N) is 1. The third-order valence-electron chi connectivity index (χ3n) is 9.49. The lowest BCUT2D eigenvalue weighted by Crippen LogP contribution is -2.56. The van der Waals surface area contributed by atoms with Gasteiger partial charge in [0.05, 0.1) is 42.7 Å². The van der Waals surface area contributed by atoms with Crippen LogP contribution < -0.4 is 11.1 Å². The number of ether oxygens (including phenoxy) is 3. The third kappa shape index (κ3) is 10.9. The van der Waals surface area contributed by atoms with Crippen molar-refractivity contribution in [1.29, 1.82) is 0 Å². The molecule has 11 heteroatoms. The van der Waals surface area contributed by atoms with Gasteiger partial charge in [-0.05, 0) is 30.2 Å². The number of carbonyl (C=O) groups excluding carboxylic acids is 4. The van der Waals surface area contributed by atoms with Crippen LogP contribution in [0.3, 0.4) is 0 Å². The van der Waals surface area contributed by atoms with Gasteiger partial charge in [-0.2, -0.15) is 0 Å². The zero-order valence-corrected chi connectivity index (χ0v) is 29.6. The zero-order chi connectivity index (χ0) is 35.3. The van der Waals surface area contributed by atoms with Gasteiger partial charge < -0.3 is 35.1 Å². The molecule has 0 aromatic heterocycles. The van der Waals surface area contributed by atoms with Crippen molar-refractivity contribution < 1.29 is 33.4 Å². The lowest BCUT2D eigenvalue weighted by molar-refractivity contribution is -0.149. The number of methoxy groups -OCH3 is 2. The molecule has 0 bridgehead atoms. The average molecular weight is 659 g/mol. The van der Waals surface area contributed by atoms with Gasteiger partial charge in [-0.25, -0.2) is 4.79 Å². The summed E-state index contributed by atoms with van der Waals surface area (Å²) in [5.41, 5.74) is 7.10. The number of amides is 3. The molecule has 3 amide bonds. The number of nitrogens with zero attached hydrogens (tertiary/aromatic N) is 2. The van der Waals surface area contributed by atoms with Gasteiger partial charge in [0.1, 0.15) is 12.6 Å². The van der Waals surface area contributed by atoms with Crippen LogP contribution in [-0.2, 0) is 39.8 Å². The molecule has 3 N–H and O–H groups in total. The average Bonchev–Trinajstić information content (AvgIpc) is 3.55. The van der Waals surface area contributed by atoms with Gasteiger partial charge >= 0.3 is 5.97 Å². The predicted octanol–water partition coefficient (Wildman–Crippen LogP) is 3.35. The highest BCUT2D eigenvalue weighted by Crippen LogP contribution is 2.29. The molecule has 1 aromatic rings. The molecule has 2 rings (SSSR count). The SMILES string of the molecule is C=CCOC(=O)C(Cc1ccccc1)NC(=O)C(C)C(OC)C1CCCN1C(=O)CC(OC)C(C(C)CC)N(C)C(=O)C(N)C(C)C. The van der Waals surface area contributed by atoms with Gasteiger partial charge in [-0.15, -0.1) is 0 Å². The van der Waals surface area contributed by atoms with E-state index in [9.17, 15) is 19.2 Å². The van der Waals surface area contributed by atoms with Crippen molar-refractivity contribution in [2.24, 2.45) is 23.5 Å². The largest absolute Gasteiger partial charge is 0.460 e. The summed E-state index contributed by atoms with van der Waals surface area (Å²) in [6.07, 6.45) is 2.80. The second-order valence-corrected chi connectivity index (χ2v) is 13.0. The summed E-state index contributed by atoms with van der Waals surface area (Å²) in [6.45, 7) is 13.8. The summed E-state index contributed by atoms with van der Waals surface area (Å²) < 4.78 is 17.1. The molecule has 1 fully saturated rings. The summed E-state index contributed by atoms with van der Waals surface area (Å²) in [5, 5.41) is 2.87. The number of rotatable bonds is 19. The molecule has 1 heterocycles. The molecule has 0 saturated carbocycles. The molecule has 1 saturated heterocycles.